The van der Waals surface area contributed by atoms with Crippen molar-refractivity contribution in [1.29, 1.82) is 0 Å². The number of amides is 2. The number of aromatic nitrogens is 1. The van der Waals surface area contributed by atoms with Gasteiger partial charge in [0.15, 0.2) is 0 Å². The molecule has 5 nitrogen and oxygen atoms in total. The number of rotatable bonds is 4. The van der Waals surface area contributed by atoms with Gasteiger partial charge in [-0.2, -0.15) is 0 Å². The number of methoxy groups -OCH3 is 1. The molecule has 1 aliphatic heterocycles. The standard InChI is InChI=1S/C19H20N2O3S/c1-5-20-18(22)17(25-19(20)23)11-14-10-12(2)21(13(14)3)15-6-8-16(24-4)9-7-15/h6-11H,5H2,1-4H3/b17-11+. The second-order valence-corrected chi connectivity index (χ2v) is 6.78. The molecule has 1 fully saturated rings. The molecule has 0 radical (unpaired) electrons. The molecule has 0 saturated carbocycles. The Morgan fingerprint density at radius 3 is 2.40 bits per heavy atom. The Balaban J connectivity index is 1.99. The number of carbonyl (C=O) groups excluding carboxylic acids is 2. The number of aryl methyl sites for hydroxylation is 1. The maximum absolute atomic E-state index is 12.3. The van der Waals surface area contributed by atoms with Crippen molar-refractivity contribution in [3.63, 3.8) is 0 Å². The van der Waals surface area contributed by atoms with Gasteiger partial charge < -0.3 is 9.30 Å². The molecular formula is C19H20N2O3S. The van der Waals surface area contributed by atoms with E-state index in [1.807, 2.05) is 50.3 Å². The molecule has 1 aromatic carbocycles. The van der Waals surface area contributed by atoms with Crippen LogP contribution in [0.2, 0.25) is 0 Å². The summed E-state index contributed by atoms with van der Waals surface area (Å²) in [6.07, 6.45) is 1.81. The van der Waals surface area contributed by atoms with Crippen LogP contribution in [0.5, 0.6) is 5.75 Å². The Bertz CT molecular complexity index is 866. The van der Waals surface area contributed by atoms with Crippen molar-refractivity contribution in [2.24, 2.45) is 0 Å². The van der Waals surface area contributed by atoms with Crippen LogP contribution in [0, 0.1) is 13.8 Å². The maximum Gasteiger partial charge on any atom is 0.293 e. The molecule has 1 aliphatic rings. The third kappa shape index (κ3) is 3.09. The van der Waals surface area contributed by atoms with Gasteiger partial charge in [0.1, 0.15) is 5.75 Å². The topological polar surface area (TPSA) is 51.5 Å². The summed E-state index contributed by atoms with van der Waals surface area (Å²) in [5.74, 6) is 0.589. The van der Waals surface area contributed by atoms with Crippen LogP contribution in [0.1, 0.15) is 23.9 Å². The molecule has 0 aliphatic carbocycles. The highest BCUT2D eigenvalue weighted by Gasteiger charge is 2.33. The average Bonchev–Trinajstić information content (AvgIpc) is 3.03. The number of benzene rings is 1. The third-order valence-electron chi connectivity index (χ3n) is 4.28. The van der Waals surface area contributed by atoms with Gasteiger partial charge in [-0.1, -0.05) is 0 Å². The highest BCUT2D eigenvalue weighted by Crippen LogP contribution is 2.33. The van der Waals surface area contributed by atoms with Crippen molar-refractivity contribution in [3.8, 4) is 11.4 Å². The summed E-state index contributed by atoms with van der Waals surface area (Å²) in [4.78, 5) is 25.9. The van der Waals surface area contributed by atoms with E-state index in [2.05, 4.69) is 4.57 Å². The molecule has 6 heteroatoms. The molecule has 2 amide bonds. The van der Waals surface area contributed by atoms with E-state index >= 15 is 0 Å². The number of carbonyl (C=O) groups is 2. The van der Waals surface area contributed by atoms with Crippen molar-refractivity contribution in [1.82, 2.24) is 9.47 Å². The molecule has 3 rings (SSSR count). The van der Waals surface area contributed by atoms with Crippen LogP contribution in [0.3, 0.4) is 0 Å². The number of hydrogen-bond acceptors (Lipinski definition) is 4. The summed E-state index contributed by atoms with van der Waals surface area (Å²) in [7, 11) is 1.64. The first-order valence-corrected chi connectivity index (χ1v) is 8.86. The Kier molecular flexibility index (Phi) is 4.72. The molecular weight excluding hydrogens is 336 g/mol. The molecule has 0 N–H and O–H groups in total. The molecule has 0 spiro atoms. The van der Waals surface area contributed by atoms with Crippen molar-refractivity contribution >= 4 is 29.0 Å². The van der Waals surface area contributed by atoms with Crippen LogP contribution >= 0.6 is 11.8 Å². The Morgan fingerprint density at radius 1 is 1.16 bits per heavy atom. The molecule has 0 unspecified atom stereocenters. The van der Waals surface area contributed by atoms with Crippen molar-refractivity contribution in [2.45, 2.75) is 20.8 Å². The van der Waals surface area contributed by atoms with Crippen LogP contribution < -0.4 is 4.74 Å². The van der Waals surface area contributed by atoms with Crippen LogP contribution in [-0.2, 0) is 4.79 Å². The zero-order valence-corrected chi connectivity index (χ0v) is 15.5. The summed E-state index contributed by atoms with van der Waals surface area (Å²) in [6, 6.07) is 9.85. The number of ether oxygens (including phenoxy) is 1. The van der Waals surface area contributed by atoms with Crippen LogP contribution in [0.25, 0.3) is 11.8 Å². The number of imide groups is 1. The second kappa shape index (κ2) is 6.80. The van der Waals surface area contributed by atoms with Gasteiger partial charge in [-0.15, -0.1) is 0 Å². The first-order chi connectivity index (χ1) is 12.0. The first-order valence-electron chi connectivity index (χ1n) is 8.05. The predicted molar refractivity (Wildman–Crippen MR) is 100 cm³/mol. The molecule has 2 heterocycles. The maximum atomic E-state index is 12.3. The molecule has 2 aromatic rings. The summed E-state index contributed by atoms with van der Waals surface area (Å²) < 4.78 is 7.33. The average molecular weight is 356 g/mol. The Hall–Kier alpha value is -2.47. The number of likely N-dealkylation sites (N-methyl/N-ethyl adjacent to an activating group) is 1. The van der Waals surface area contributed by atoms with E-state index in [-0.39, 0.29) is 11.1 Å². The first kappa shape index (κ1) is 17.4. The molecule has 130 valence electrons. The lowest BCUT2D eigenvalue weighted by atomic mass is 10.2. The normalized spacial score (nSPS) is 16.2. The fourth-order valence-electron chi connectivity index (χ4n) is 2.98. The van der Waals surface area contributed by atoms with Gasteiger partial charge in [0.05, 0.1) is 12.0 Å². The predicted octanol–water partition coefficient (Wildman–Crippen LogP) is 4.16. The van der Waals surface area contributed by atoms with Gasteiger partial charge >= 0.3 is 0 Å². The van der Waals surface area contributed by atoms with Gasteiger partial charge in [0.25, 0.3) is 11.1 Å². The van der Waals surface area contributed by atoms with Crippen LogP contribution in [0.4, 0.5) is 4.79 Å². The highest BCUT2D eigenvalue weighted by molar-refractivity contribution is 8.18. The summed E-state index contributed by atoms with van der Waals surface area (Å²) in [5, 5.41) is -0.206. The lowest BCUT2D eigenvalue weighted by molar-refractivity contribution is -0.122. The van der Waals surface area contributed by atoms with E-state index in [1.54, 1.807) is 14.0 Å². The fraction of sp³-hybridized carbons (Fsp3) is 0.263. The summed E-state index contributed by atoms with van der Waals surface area (Å²) >= 11 is 0.999. The summed E-state index contributed by atoms with van der Waals surface area (Å²) in [6.45, 7) is 6.22. The Morgan fingerprint density at radius 2 is 1.84 bits per heavy atom. The molecule has 1 aromatic heterocycles. The van der Waals surface area contributed by atoms with Gasteiger partial charge in [-0.05, 0) is 74.5 Å². The summed E-state index contributed by atoms with van der Waals surface area (Å²) in [5.41, 5.74) is 4.04. The van der Waals surface area contributed by atoms with Gasteiger partial charge in [-0.3, -0.25) is 14.5 Å². The SMILES string of the molecule is CCN1C(=O)S/C(=C/c2cc(C)n(-c3ccc(OC)cc3)c2C)C1=O. The minimum atomic E-state index is -0.216. The van der Waals surface area contributed by atoms with Crippen molar-refractivity contribution in [3.05, 3.63) is 52.2 Å². The fourth-order valence-corrected chi connectivity index (χ4v) is 3.87. The zero-order chi connectivity index (χ0) is 18.1. The Labute approximate surface area is 151 Å². The third-order valence-corrected chi connectivity index (χ3v) is 5.18. The number of hydrogen-bond donors (Lipinski definition) is 0. The smallest absolute Gasteiger partial charge is 0.293 e. The molecule has 0 atom stereocenters. The minimum Gasteiger partial charge on any atom is -0.497 e. The van der Waals surface area contributed by atoms with Gasteiger partial charge in [0.2, 0.25) is 0 Å². The molecule has 1 saturated heterocycles. The van der Waals surface area contributed by atoms with E-state index in [0.29, 0.717) is 11.4 Å². The lowest BCUT2D eigenvalue weighted by Gasteiger charge is -2.10. The minimum absolute atomic E-state index is 0.206. The highest BCUT2D eigenvalue weighted by atomic mass is 32.2. The largest absolute Gasteiger partial charge is 0.497 e. The lowest BCUT2D eigenvalue weighted by Crippen LogP contribution is -2.27. The van der Waals surface area contributed by atoms with Crippen LogP contribution in [0.15, 0.2) is 35.2 Å². The monoisotopic (exact) mass is 356 g/mol. The van der Waals surface area contributed by atoms with Gasteiger partial charge in [-0.25, -0.2) is 0 Å². The second-order valence-electron chi connectivity index (χ2n) is 5.79. The molecule has 0 bridgehead atoms. The van der Waals surface area contributed by atoms with Gasteiger partial charge in [0, 0.05) is 23.6 Å². The van der Waals surface area contributed by atoms with E-state index in [4.69, 9.17) is 4.74 Å². The van der Waals surface area contributed by atoms with Crippen molar-refractivity contribution < 1.29 is 14.3 Å². The van der Waals surface area contributed by atoms with Crippen molar-refractivity contribution in [2.75, 3.05) is 13.7 Å². The number of thioether (sulfide) groups is 1. The number of nitrogens with zero attached hydrogens (tertiary/aromatic N) is 2. The zero-order valence-electron chi connectivity index (χ0n) is 14.7. The molecule has 25 heavy (non-hydrogen) atoms. The van der Waals surface area contributed by atoms with E-state index < -0.39 is 0 Å². The quantitative estimate of drug-likeness (QED) is 0.772. The van der Waals surface area contributed by atoms with E-state index in [9.17, 15) is 9.59 Å². The van der Waals surface area contributed by atoms with E-state index in [1.165, 1.54) is 4.90 Å². The van der Waals surface area contributed by atoms with Crippen LogP contribution in [-0.4, -0.2) is 34.3 Å². The van der Waals surface area contributed by atoms with E-state index in [0.717, 1.165) is 40.2 Å².